The average molecular weight is 265 g/mol. The van der Waals surface area contributed by atoms with Gasteiger partial charge >= 0.3 is 0 Å². The van der Waals surface area contributed by atoms with Gasteiger partial charge in [0, 0.05) is 17.8 Å². The number of terminal acetylenes is 1. The highest BCUT2D eigenvalue weighted by atomic mass is 19.1. The van der Waals surface area contributed by atoms with Gasteiger partial charge in [-0.3, -0.25) is 0 Å². The monoisotopic (exact) mass is 265 g/mol. The minimum absolute atomic E-state index is 0.254. The molecule has 0 spiro atoms. The van der Waals surface area contributed by atoms with Gasteiger partial charge in [-0.15, -0.1) is 6.42 Å². The lowest BCUT2D eigenvalue weighted by molar-refractivity contribution is 0.627. The second kappa shape index (κ2) is 7.16. The first-order valence-corrected chi connectivity index (χ1v) is 6.51. The lowest BCUT2D eigenvalue weighted by Crippen LogP contribution is -1.99. The molecule has 0 bridgehead atoms. The van der Waals surface area contributed by atoms with Crippen LogP contribution in [0.1, 0.15) is 12.0 Å². The zero-order valence-electron chi connectivity index (χ0n) is 11.1. The van der Waals surface area contributed by atoms with Gasteiger partial charge in [-0.1, -0.05) is 42.3 Å². The van der Waals surface area contributed by atoms with E-state index in [9.17, 15) is 4.39 Å². The Balaban J connectivity index is 1.92. The summed E-state index contributed by atoms with van der Waals surface area (Å²) < 4.78 is 12.9. The molecule has 0 saturated carbocycles. The summed E-state index contributed by atoms with van der Waals surface area (Å²) in [7, 11) is 0. The topological polar surface area (TPSA) is 12.0 Å². The van der Waals surface area contributed by atoms with Crippen molar-refractivity contribution in [3.63, 3.8) is 0 Å². The van der Waals surface area contributed by atoms with Crippen LogP contribution in [-0.2, 0) is 0 Å². The summed E-state index contributed by atoms with van der Waals surface area (Å²) in [5.74, 6) is 2.39. The SMILES string of the molecule is C#C/C(=C\CCNc1ccccc1)c1ccc(F)cc1. The van der Waals surface area contributed by atoms with Crippen LogP contribution in [0.3, 0.4) is 0 Å². The van der Waals surface area contributed by atoms with Crippen LogP contribution in [0.15, 0.2) is 60.7 Å². The Hall–Kier alpha value is -2.53. The maximum atomic E-state index is 12.9. The van der Waals surface area contributed by atoms with Crippen LogP contribution in [0.2, 0.25) is 0 Å². The fraction of sp³-hybridized carbons (Fsp3) is 0.111. The van der Waals surface area contributed by atoms with E-state index in [-0.39, 0.29) is 5.82 Å². The Labute approximate surface area is 119 Å². The number of hydrogen-bond donors (Lipinski definition) is 1. The molecule has 0 unspecified atom stereocenters. The summed E-state index contributed by atoms with van der Waals surface area (Å²) in [6.07, 6.45) is 8.30. The highest BCUT2D eigenvalue weighted by molar-refractivity contribution is 5.78. The van der Waals surface area contributed by atoms with Gasteiger partial charge in [-0.05, 0) is 36.2 Å². The van der Waals surface area contributed by atoms with Gasteiger partial charge in [0.25, 0.3) is 0 Å². The van der Waals surface area contributed by atoms with E-state index in [1.54, 1.807) is 12.1 Å². The maximum Gasteiger partial charge on any atom is 0.123 e. The number of allylic oxidation sites excluding steroid dienone is 1. The number of anilines is 1. The lowest BCUT2D eigenvalue weighted by Gasteiger charge is -2.05. The molecular weight excluding hydrogens is 249 g/mol. The summed E-state index contributed by atoms with van der Waals surface area (Å²) >= 11 is 0. The largest absolute Gasteiger partial charge is 0.385 e. The van der Waals surface area contributed by atoms with E-state index in [2.05, 4.69) is 11.2 Å². The molecule has 1 nitrogen and oxygen atoms in total. The maximum absolute atomic E-state index is 12.9. The molecule has 2 aromatic rings. The van der Waals surface area contributed by atoms with Crippen molar-refractivity contribution in [2.24, 2.45) is 0 Å². The molecule has 0 aromatic heterocycles. The molecule has 100 valence electrons. The summed E-state index contributed by atoms with van der Waals surface area (Å²) in [6, 6.07) is 16.2. The van der Waals surface area contributed by atoms with E-state index in [1.165, 1.54) is 12.1 Å². The van der Waals surface area contributed by atoms with Gasteiger partial charge in [-0.2, -0.15) is 0 Å². The summed E-state index contributed by atoms with van der Waals surface area (Å²) in [6.45, 7) is 0.802. The van der Waals surface area contributed by atoms with Crippen molar-refractivity contribution in [2.75, 3.05) is 11.9 Å². The van der Waals surface area contributed by atoms with Gasteiger partial charge < -0.3 is 5.32 Å². The molecule has 0 radical (unpaired) electrons. The van der Waals surface area contributed by atoms with Crippen molar-refractivity contribution < 1.29 is 4.39 Å². The van der Waals surface area contributed by atoms with E-state index in [0.717, 1.165) is 29.8 Å². The first-order valence-electron chi connectivity index (χ1n) is 6.51. The fourth-order valence-electron chi connectivity index (χ4n) is 1.88. The minimum Gasteiger partial charge on any atom is -0.385 e. The predicted molar refractivity (Wildman–Crippen MR) is 82.8 cm³/mol. The molecule has 0 amide bonds. The van der Waals surface area contributed by atoms with Gasteiger partial charge in [0.05, 0.1) is 0 Å². The van der Waals surface area contributed by atoms with E-state index in [0.29, 0.717) is 0 Å². The third kappa shape index (κ3) is 4.00. The van der Waals surface area contributed by atoms with Crippen molar-refractivity contribution in [1.29, 1.82) is 0 Å². The van der Waals surface area contributed by atoms with Crippen LogP contribution in [0.5, 0.6) is 0 Å². The number of benzene rings is 2. The second-order valence-electron chi connectivity index (χ2n) is 4.35. The van der Waals surface area contributed by atoms with Crippen molar-refractivity contribution in [2.45, 2.75) is 6.42 Å². The Morgan fingerprint density at radius 1 is 1.10 bits per heavy atom. The second-order valence-corrected chi connectivity index (χ2v) is 4.35. The zero-order chi connectivity index (χ0) is 14.2. The van der Waals surface area contributed by atoms with E-state index < -0.39 is 0 Å². The van der Waals surface area contributed by atoms with E-state index >= 15 is 0 Å². The van der Waals surface area contributed by atoms with Crippen LogP contribution in [-0.4, -0.2) is 6.54 Å². The summed E-state index contributed by atoms with van der Waals surface area (Å²) in [4.78, 5) is 0. The van der Waals surface area contributed by atoms with Crippen LogP contribution < -0.4 is 5.32 Å². The molecular formula is C18H16FN. The molecule has 0 fully saturated rings. The van der Waals surface area contributed by atoms with Crippen LogP contribution in [0.25, 0.3) is 5.57 Å². The highest BCUT2D eigenvalue weighted by Crippen LogP contribution is 2.15. The number of hydrogen-bond acceptors (Lipinski definition) is 1. The Bertz CT molecular complexity index is 606. The van der Waals surface area contributed by atoms with Gasteiger partial charge in [0.1, 0.15) is 5.82 Å². The highest BCUT2D eigenvalue weighted by Gasteiger charge is 1.98. The number of para-hydroxylation sites is 1. The molecule has 0 heterocycles. The van der Waals surface area contributed by atoms with Crippen molar-refractivity contribution >= 4 is 11.3 Å². The standard InChI is InChI=1S/C18H16FN/c1-2-15(16-10-12-17(19)13-11-16)7-6-14-20-18-8-4-3-5-9-18/h1,3-5,7-13,20H,6,14H2/b15-7+. The molecule has 2 aromatic carbocycles. The van der Waals surface area contributed by atoms with Crippen molar-refractivity contribution in [1.82, 2.24) is 0 Å². The smallest absolute Gasteiger partial charge is 0.123 e. The van der Waals surface area contributed by atoms with Crippen LogP contribution >= 0.6 is 0 Å². The van der Waals surface area contributed by atoms with Gasteiger partial charge in [0.15, 0.2) is 0 Å². The minimum atomic E-state index is -0.254. The first kappa shape index (κ1) is 13.9. The number of rotatable bonds is 5. The van der Waals surface area contributed by atoms with Gasteiger partial charge in [0.2, 0.25) is 0 Å². The third-order valence-electron chi connectivity index (χ3n) is 2.91. The molecule has 20 heavy (non-hydrogen) atoms. The normalized spacial score (nSPS) is 10.9. The Morgan fingerprint density at radius 3 is 2.45 bits per heavy atom. The fourth-order valence-corrected chi connectivity index (χ4v) is 1.88. The Kier molecular flexibility index (Phi) is 4.97. The van der Waals surface area contributed by atoms with Gasteiger partial charge in [-0.25, -0.2) is 4.39 Å². The summed E-state index contributed by atoms with van der Waals surface area (Å²) in [5, 5.41) is 3.31. The molecule has 0 aliphatic rings. The quantitative estimate of drug-likeness (QED) is 0.626. The number of halogens is 1. The molecule has 1 N–H and O–H groups in total. The van der Waals surface area contributed by atoms with E-state index in [4.69, 9.17) is 6.42 Å². The zero-order valence-corrected chi connectivity index (χ0v) is 11.1. The lowest BCUT2D eigenvalue weighted by atomic mass is 10.1. The average Bonchev–Trinajstić information content (AvgIpc) is 2.50. The molecule has 2 heteroatoms. The van der Waals surface area contributed by atoms with Crippen molar-refractivity contribution in [3.05, 3.63) is 72.1 Å². The molecule has 2 rings (SSSR count). The van der Waals surface area contributed by atoms with Crippen molar-refractivity contribution in [3.8, 4) is 12.3 Å². The third-order valence-corrected chi connectivity index (χ3v) is 2.91. The molecule has 0 saturated heterocycles. The van der Waals surface area contributed by atoms with E-state index in [1.807, 2.05) is 36.4 Å². The predicted octanol–water partition coefficient (Wildman–Crippen LogP) is 4.34. The summed E-state index contributed by atoms with van der Waals surface area (Å²) in [5.41, 5.74) is 2.75. The molecule has 0 atom stereocenters. The van der Waals surface area contributed by atoms with Crippen LogP contribution in [0, 0.1) is 18.2 Å². The molecule has 0 aliphatic carbocycles. The first-order chi connectivity index (χ1) is 9.79. The molecule has 0 aliphatic heterocycles. The van der Waals surface area contributed by atoms with Crippen LogP contribution in [0.4, 0.5) is 10.1 Å². The Morgan fingerprint density at radius 2 is 1.80 bits per heavy atom. The number of nitrogens with one attached hydrogen (secondary N) is 1.